The Morgan fingerprint density at radius 3 is 2.25 bits per heavy atom. The summed E-state index contributed by atoms with van der Waals surface area (Å²) < 4.78 is 10.8. The highest BCUT2D eigenvalue weighted by molar-refractivity contribution is 6.46. The molecule has 3 aromatic carbocycles. The first-order valence-corrected chi connectivity index (χ1v) is 10.2. The molecule has 0 aromatic heterocycles. The highest BCUT2D eigenvalue weighted by atomic mass is 16.5. The summed E-state index contributed by atoms with van der Waals surface area (Å²) in [5.74, 6) is 0.0216. The maximum absolute atomic E-state index is 13.7. The molecular formula is C26H24N2O4. The third-order valence-corrected chi connectivity index (χ3v) is 5.64. The summed E-state index contributed by atoms with van der Waals surface area (Å²) in [5, 5.41) is 3.24. The molecule has 0 atom stereocenters. The van der Waals surface area contributed by atoms with E-state index in [1.54, 1.807) is 18.2 Å². The SMILES string of the molecule is COc1ccc(OC)c(N2C(=O)C(Nc3cccc(C)c3C)=C(c3ccccc3)C2=O)c1. The molecule has 6 nitrogen and oxygen atoms in total. The number of nitrogens with zero attached hydrogens (tertiary/aromatic N) is 1. The van der Waals surface area contributed by atoms with Gasteiger partial charge in [-0.1, -0.05) is 42.5 Å². The van der Waals surface area contributed by atoms with Crippen LogP contribution < -0.4 is 19.7 Å². The zero-order valence-corrected chi connectivity index (χ0v) is 18.4. The van der Waals surface area contributed by atoms with E-state index < -0.39 is 11.8 Å². The second kappa shape index (κ2) is 8.59. The minimum Gasteiger partial charge on any atom is -0.497 e. The highest BCUT2D eigenvalue weighted by Gasteiger charge is 2.41. The first-order valence-electron chi connectivity index (χ1n) is 10.2. The number of carbonyl (C=O) groups excluding carboxylic acids is 2. The smallest absolute Gasteiger partial charge is 0.282 e. The zero-order valence-electron chi connectivity index (χ0n) is 18.4. The summed E-state index contributed by atoms with van der Waals surface area (Å²) in [6, 6.07) is 20.0. The highest BCUT2D eigenvalue weighted by Crippen LogP contribution is 2.39. The molecule has 32 heavy (non-hydrogen) atoms. The van der Waals surface area contributed by atoms with Gasteiger partial charge in [-0.2, -0.15) is 0 Å². The van der Waals surface area contributed by atoms with Crippen LogP contribution in [0.25, 0.3) is 5.57 Å². The molecule has 0 saturated carbocycles. The van der Waals surface area contributed by atoms with E-state index in [2.05, 4.69) is 5.32 Å². The van der Waals surface area contributed by atoms with E-state index in [4.69, 9.17) is 9.47 Å². The number of imide groups is 1. The van der Waals surface area contributed by atoms with Gasteiger partial charge in [-0.3, -0.25) is 9.59 Å². The second-order valence-corrected chi connectivity index (χ2v) is 7.47. The lowest BCUT2D eigenvalue weighted by Crippen LogP contribution is -2.32. The molecule has 0 aliphatic carbocycles. The Labute approximate surface area is 187 Å². The molecule has 0 saturated heterocycles. The Kier molecular flexibility index (Phi) is 5.69. The van der Waals surface area contributed by atoms with Crippen molar-refractivity contribution in [2.24, 2.45) is 0 Å². The number of hydrogen-bond donors (Lipinski definition) is 1. The lowest BCUT2D eigenvalue weighted by atomic mass is 10.0. The fourth-order valence-electron chi connectivity index (χ4n) is 3.73. The van der Waals surface area contributed by atoms with E-state index in [9.17, 15) is 9.59 Å². The van der Waals surface area contributed by atoms with E-state index in [0.717, 1.165) is 21.7 Å². The molecule has 1 N–H and O–H groups in total. The predicted octanol–water partition coefficient (Wildman–Crippen LogP) is 4.72. The number of rotatable bonds is 6. The maximum atomic E-state index is 13.7. The quantitative estimate of drug-likeness (QED) is 0.576. The van der Waals surface area contributed by atoms with Crippen LogP contribution in [0.1, 0.15) is 16.7 Å². The molecule has 0 fully saturated rings. The van der Waals surface area contributed by atoms with Crippen molar-refractivity contribution in [1.29, 1.82) is 0 Å². The van der Waals surface area contributed by atoms with Crippen LogP contribution in [0.2, 0.25) is 0 Å². The van der Waals surface area contributed by atoms with Crippen molar-refractivity contribution in [3.63, 3.8) is 0 Å². The van der Waals surface area contributed by atoms with E-state index in [1.165, 1.54) is 14.2 Å². The fourth-order valence-corrected chi connectivity index (χ4v) is 3.73. The van der Waals surface area contributed by atoms with Gasteiger partial charge in [0.1, 0.15) is 17.2 Å². The molecule has 1 aliphatic rings. The molecule has 2 amide bonds. The van der Waals surface area contributed by atoms with Crippen LogP contribution >= 0.6 is 0 Å². The summed E-state index contributed by atoms with van der Waals surface area (Å²) >= 11 is 0. The number of carbonyl (C=O) groups is 2. The minimum absolute atomic E-state index is 0.222. The molecule has 0 unspecified atom stereocenters. The van der Waals surface area contributed by atoms with Crippen molar-refractivity contribution in [1.82, 2.24) is 0 Å². The molecule has 0 spiro atoms. The van der Waals surface area contributed by atoms with Gasteiger partial charge >= 0.3 is 0 Å². The molecule has 162 valence electrons. The van der Waals surface area contributed by atoms with Gasteiger partial charge < -0.3 is 14.8 Å². The average Bonchev–Trinajstić information content (AvgIpc) is 3.06. The monoisotopic (exact) mass is 428 g/mol. The number of nitrogens with one attached hydrogen (secondary N) is 1. The molecule has 1 aliphatic heterocycles. The summed E-state index contributed by atoms with van der Waals surface area (Å²) in [6.45, 7) is 3.98. The molecule has 6 heteroatoms. The number of aryl methyl sites for hydroxylation is 1. The van der Waals surface area contributed by atoms with Crippen LogP contribution in [-0.2, 0) is 9.59 Å². The lowest BCUT2D eigenvalue weighted by Gasteiger charge is -2.19. The molecular weight excluding hydrogens is 404 g/mol. The fraction of sp³-hybridized carbons (Fsp3) is 0.154. The summed E-state index contributed by atoms with van der Waals surface area (Å²) in [7, 11) is 3.03. The van der Waals surface area contributed by atoms with Gasteiger partial charge in [0, 0.05) is 11.8 Å². The van der Waals surface area contributed by atoms with Gasteiger partial charge in [0.25, 0.3) is 11.8 Å². The van der Waals surface area contributed by atoms with E-state index in [0.29, 0.717) is 28.3 Å². The number of ether oxygens (including phenoxy) is 2. The van der Waals surface area contributed by atoms with Crippen LogP contribution in [0, 0.1) is 13.8 Å². The van der Waals surface area contributed by atoms with E-state index in [1.807, 2.05) is 62.4 Å². The Hall–Kier alpha value is -4.06. The largest absolute Gasteiger partial charge is 0.497 e. The summed E-state index contributed by atoms with van der Waals surface area (Å²) in [6.07, 6.45) is 0. The Morgan fingerprint density at radius 2 is 1.56 bits per heavy atom. The van der Waals surface area contributed by atoms with Crippen LogP contribution in [-0.4, -0.2) is 26.0 Å². The first-order chi connectivity index (χ1) is 15.5. The standard InChI is InChI=1S/C26H24N2O4/c1-16-9-8-12-20(17(16)2)27-24-23(18-10-6-5-7-11-18)25(29)28(26(24)30)21-15-19(31-3)13-14-22(21)32-4/h5-15,27H,1-4H3. The van der Waals surface area contributed by atoms with Crippen LogP contribution in [0.5, 0.6) is 11.5 Å². The van der Waals surface area contributed by atoms with Crippen molar-refractivity contribution in [2.45, 2.75) is 13.8 Å². The van der Waals surface area contributed by atoms with E-state index in [-0.39, 0.29) is 5.70 Å². The predicted molar refractivity (Wildman–Crippen MR) is 125 cm³/mol. The summed E-state index contributed by atoms with van der Waals surface area (Å²) in [5.41, 5.74) is 4.37. The lowest BCUT2D eigenvalue weighted by molar-refractivity contribution is -0.120. The number of benzene rings is 3. The first kappa shape index (κ1) is 21.2. The molecule has 1 heterocycles. The van der Waals surface area contributed by atoms with Crippen molar-refractivity contribution in [3.8, 4) is 11.5 Å². The third-order valence-electron chi connectivity index (χ3n) is 5.64. The third kappa shape index (κ3) is 3.60. The second-order valence-electron chi connectivity index (χ2n) is 7.47. The van der Waals surface area contributed by atoms with Crippen molar-refractivity contribution in [3.05, 3.63) is 89.1 Å². The summed E-state index contributed by atoms with van der Waals surface area (Å²) in [4.78, 5) is 28.4. The maximum Gasteiger partial charge on any atom is 0.282 e. The van der Waals surface area contributed by atoms with Gasteiger partial charge in [0.15, 0.2) is 0 Å². The molecule has 0 bridgehead atoms. The Balaban J connectivity index is 1.87. The van der Waals surface area contributed by atoms with Crippen molar-refractivity contribution < 1.29 is 19.1 Å². The van der Waals surface area contributed by atoms with Gasteiger partial charge in [0.2, 0.25) is 0 Å². The van der Waals surface area contributed by atoms with Gasteiger partial charge in [0.05, 0.1) is 25.5 Å². The number of amides is 2. The Morgan fingerprint density at radius 1 is 0.812 bits per heavy atom. The zero-order chi connectivity index (χ0) is 22.8. The van der Waals surface area contributed by atoms with Gasteiger partial charge in [-0.25, -0.2) is 4.90 Å². The molecule has 0 radical (unpaired) electrons. The van der Waals surface area contributed by atoms with Crippen LogP contribution in [0.4, 0.5) is 11.4 Å². The number of methoxy groups -OCH3 is 2. The number of anilines is 2. The number of hydrogen-bond acceptors (Lipinski definition) is 5. The average molecular weight is 428 g/mol. The minimum atomic E-state index is -0.457. The van der Waals surface area contributed by atoms with Crippen LogP contribution in [0.15, 0.2) is 72.4 Å². The normalized spacial score (nSPS) is 13.6. The topological polar surface area (TPSA) is 67.9 Å². The molecule has 3 aromatic rings. The van der Waals surface area contributed by atoms with Gasteiger partial charge in [-0.15, -0.1) is 0 Å². The van der Waals surface area contributed by atoms with Crippen LogP contribution in [0.3, 0.4) is 0 Å². The molecule has 4 rings (SSSR count). The van der Waals surface area contributed by atoms with Crippen molar-refractivity contribution in [2.75, 3.05) is 24.4 Å². The Bertz CT molecular complexity index is 1230. The van der Waals surface area contributed by atoms with Crippen molar-refractivity contribution >= 4 is 28.8 Å². The van der Waals surface area contributed by atoms with E-state index >= 15 is 0 Å². The van der Waals surface area contributed by atoms with Gasteiger partial charge in [-0.05, 0) is 48.7 Å².